The Labute approximate surface area is 89.7 Å². The highest BCUT2D eigenvalue weighted by molar-refractivity contribution is 7.91. The lowest BCUT2D eigenvalue weighted by Crippen LogP contribution is -2.10. The van der Waals surface area contributed by atoms with Gasteiger partial charge in [-0.15, -0.1) is 0 Å². The van der Waals surface area contributed by atoms with Gasteiger partial charge in [0.15, 0.2) is 9.84 Å². The highest BCUT2D eigenvalue weighted by Gasteiger charge is 2.12. The van der Waals surface area contributed by atoms with Gasteiger partial charge in [0.25, 0.3) is 0 Å². The van der Waals surface area contributed by atoms with E-state index in [9.17, 15) is 8.42 Å². The molecule has 0 fully saturated rings. The Balaban J connectivity index is 2.89. The lowest BCUT2D eigenvalue weighted by Gasteiger charge is -2.03. The second kappa shape index (κ2) is 5.25. The lowest BCUT2D eigenvalue weighted by atomic mass is 10.2. The Hall–Kier alpha value is -0.910. The van der Waals surface area contributed by atoms with E-state index in [1.807, 2.05) is 0 Å². The van der Waals surface area contributed by atoms with Crippen molar-refractivity contribution in [2.24, 2.45) is 5.73 Å². The van der Waals surface area contributed by atoms with Crippen molar-refractivity contribution in [2.75, 3.05) is 18.9 Å². The molecule has 0 aliphatic heterocycles. The minimum Gasteiger partial charge on any atom is -0.395 e. The van der Waals surface area contributed by atoms with Crippen molar-refractivity contribution in [1.82, 2.24) is 0 Å². The molecular formula is C10H15NO3S. The summed E-state index contributed by atoms with van der Waals surface area (Å²) in [7, 11) is -3.32. The van der Waals surface area contributed by atoms with Gasteiger partial charge in [-0.05, 0) is 30.7 Å². The van der Waals surface area contributed by atoms with Crippen LogP contribution in [0.1, 0.15) is 5.56 Å². The van der Waals surface area contributed by atoms with Gasteiger partial charge in [-0.2, -0.15) is 0 Å². The van der Waals surface area contributed by atoms with Crippen molar-refractivity contribution in [3.8, 4) is 0 Å². The fourth-order valence-electron chi connectivity index (χ4n) is 1.27. The van der Waals surface area contributed by atoms with Gasteiger partial charge in [-0.3, -0.25) is 0 Å². The van der Waals surface area contributed by atoms with Crippen LogP contribution in [0.25, 0.3) is 0 Å². The molecule has 3 N–H and O–H groups in total. The van der Waals surface area contributed by atoms with Gasteiger partial charge in [0.1, 0.15) is 0 Å². The van der Waals surface area contributed by atoms with Crippen LogP contribution in [0.15, 0.2) is 29.2 Å². The van der Waals surface area contributed by atoms with E-state index in [0.717, 1.165) is 12.0 Å². The molecular weight excluding hydrogens is 214 g/mol. The number of sulfone groups is 1. The SMILES string of the molecule is NCCc1ccc(S(=O)(=O)CCO)cc1. The Morgan fingerprint density at radius 2 is 1.80 bits per heavy atom. The molecule has 0 spiro atoms. The van der Waals surface area contributed by atoms with E-state index in [1.54, 1.807) is 24.3 Å². The van der Waals surface area contributed by atoms with Gasteiger partial charge >= 0.3 is 0 Å². The summed E-state index contributed by atoms with van der Waals surface area (Å²) in [5.41, 5.74) is 6.40. The fraction of sp³-hybridized carbons (Fsp3) is 0.400. The number of aliphatic hydroxyl groups excluding tert-OH is 1. The van der Waals surface area contributed by atoms with Crippen LogP contribution in [0.2, 0.25) is 0 Å². The van der Waals surface area contributed by atoms with Crippen LogP contribution < -0.4 is 5.73 Å². The van der Waals surface area contributed by atoms with Gasteiger partial charge in [0, 0.05) is 0 Å². The molecule has 0 atom stereocenters. The third kappa shape index (κ3) is 3.30. The first-order valence-corrected chi connectivity index (χ1v) is 6.38. The average molecular weight is 229 g/mol. The van der Waals surface area contributed by atoms with Crippen molar-refractivity contribution in [1.29, 1.82) is 0 Å². The van der Waals surface area contributed by atoms with Crippen LogP contribution in [0, 0.1) is 0 Å². The molecule has 0 aliphatic carbocycles. The average Bonchev–Trinajstić information content (AvgIpc) is 2.19. The number of nitrogens with two attached hydrogens (primary N) is 1. The number of hydrogen-bond acceptors (Lipinski definition) is 4. The van der Waals surface area contributed by atoms with Crippen LogP contribution in [0.4, 0.5) is 0 Å². The number of benzene rings is 1. The summed E-state index contributed by atoms with van der Waals surface area (Å²) in [6.45, 7) is 0.190. The molecule has 0 aliphatic rings. The highest BCUT2D eigenvalue weighted by atomic mass is 32.2. The monoisotopic (exact) mass is 229 g/mol. The van der Waals surface area contributed by atoms with Gasteiger partial charge < -0.3 is 10.8 Å². The summed E-state index contributed by atoms with van der Waals surface area (Å²) in [6.07, 6.45) is 0.736. The molecule has 5 heteroatoms. The van der Waals surface area contributed by atoms with E-state index < -0.39 is 9.84 Å². The maximum Gasteiger partial charge on any atom is 0.180 e. The van der Waals surface area contributed by atoms with Crippen molar-refractivity contribution in [3.05, 3.63) is 29.8 Å². The topological polar surface area (TPSA) is 80.4 Å². The molecule has 0 unspecified atom stereocenters. The molecule has 84 valence electrons. The van der Waals surface area contributed by atoms with Crippen molar-refractivity contribution in [2.45, 2.75) is 11.3 Å². The Kier molecular flexibility index (Phi) is 4.26. The first-order chi connectivity index (χ1) is 7.10. The summed E-state index contributed by atoms with van der Waals surface area (Å²) in [4.78, 5) is 0.248. The molecule has 0 bridgehead atoms. The van der Waals surface area contributed by atoms with Crippen LogP contribution >= 0.6 is 0 Å². The van der Waals surface area contributed by atoms with Crippen LogP contribution in [-0.4, -0.2) is 32.4 Å². The van der Waals surface area contributed by atoms with Gasteiger partial charge in [0.05, 0.1) is 17.3 Å². The molecule has 0 heterocycles. The standard InChI is InChI=1S/C10H15NO3S/c11-6-5-9-1-3-10(4-2-9)15(13,14)8-7-12/h1-4,12H,5-8,11H2. The molecule has 1 aromatic rings. The molecule has 0 amide bonds. The largest absolute Gasteiger partial charge is 0.395 e. The second-order valence-corrected chi connectivity index (χ2v) is 5.33. The zero-order valence-corrected chi connectivity index (χ0v) is 9.20. The summed E-state index contributed by atoms with van der Waals surface area (Å²) in [5.74, 6) is -0.233. The van der Waals surface area contributed by atoms with Crippen molar-refractivity contribution >= 4 is 9.84 Å². The Bertz CT molecular complexity index is 397. The predicted molar refractivity (Wildman–Crippen MR) is 58.3 cm³/mol. The minimum atomic E-state index is -3.32. The van der Waals surface area contributed by atoms with Crippen LogP contribution in [-0.2, 0) is 16.3 Å². The first-order valence-electron chi connectivity index (χ1n) is 4.73. The molecule has 0 radical (unpaired) electrons. The van der Waals surface area contributed by atoms with E-state index in [-0.39, 0.29) is 17.3 Å². The van der Waals surface area contributed by atoms with E-state index in [4.69, 9.17) is 10.8 Å². The normalized spacial score (nSPS) is 11.6. The van der Waals surface area contributed by atoms with Gasteiger partial charge in [0.2, 0.25) is 0 Å². The third-order valence-electron chi connectivity index (χ3n) is 2.08. The Morgan fingerprint density at radius 1 is 1.20 bits per heavy atom. The smallest absolute Gasteiger partial charge is 0.180 e. The van der Waals surface area contributed by atoms with Gasteiger partial charge in [-0.1, -0.05) is 12.1 Å². The molecule has 1 aromatic carbocycles. The molecule has 4 nitrogen and oxygen atoms in total. The summed E-state index contributed by atoms with van der Waals surface area (Å²) in [6, 6.07) is 6.60. The van der Waals surface area contributed by atoms with Crippen molar-refractivity contribution in [3.63, 3.8) is 0 Å². The molecule has 0 saturated heterocycles. The van der Waals surface area contributed by atoms with E-state index in [0.29, 0.717) is 6.54 Å². The van der Waals surface area contributed by atoms with Crippen LogP contribution in [0.3, 0.4) is 0 Å². The Morgan fingerprint density at radius 3 is 2.27 bits per heavy atom. The first kappa shape index (κ1) is 12.2. The second-order valence-electron chi connectivity index (χ2n) is 3.23. The summed E-state index contributed by atoms with van der Waals surface area (Å²) < 4.78 is 23.0. The fourth-order valence-corrected chi connectivity index (χ4v) is 2.29. The van der Waals surface area contributed by atoms with Crippen molar-refractivity contribution < 1.29 is 13.5 Å². The third-order valence-corrected chi connectivity index (χ3v) is 3.79. The lowest BCUT2D eigenvalue weighted by molar-refractivity contribution is 0.319. The predicted octanol–water partition coefficient (Wildman–Crippen LogP) is -0.0462. The van der Waals surface area contributed by atoms with E-state index >= 15 is 0 Å². The maximum absolute atomic E-state index is 11.5. The molecule has 1 rings (SSSR count). The quantitative estimate of drug-likeness (QED) is 0.742. The number of aliphatic hydroxyl groups is 1. The summed E-state index contributed by atoms with van der Waals surface area (Å²) >= 11 is 0. The number of hydrogen-bond donors (Lipinski definition) is 2. The molecule has 0 saturated carbocycles. The molecule has 15 heavy (non-hydrogen) atoms. The maximum atomic E-state index is 11.5. The van der Waals surface area contributed by atoms with Crippen LogP contribution in [0.5, 0.6) is 0 Å². The zero-order chi connectivity index (χ0) is 11.3. The highest BCUT2D eigenvalue weighted by Crippen LogP contribution is 2.12. The van der Waals surface area contributed by atoms with E-state index in [1.165, 1.54) is 0 Å². The minimum absolute atomic E-state index is 0.233. The van der Waals surface area contributed by atoms with E-state index in [2.05, 4.69) is 0 Å². The zero-order valence-electron chi connectivity index (χ0n) is 8.39. The summed E-state index contributed by atoms with van der Waals surface area (Å²) in [5, 5.41) is 8.61. The number of rotatable bonds is 5. The molecule has 0 aromatic heterocycles. The van der Waals surface area contributed by atoms with Gasteiger partial charge in [-0.25, -0.2) is 8.42 Å².